The Labute approximate surface area is 66.0 Å². The van der Waals surface area contributed by atoms with E-state index in [1.807, 2.05) is 0 Å². The van der Waals surface area contributed by atoms with Crippen LogP contribution < -0.4 is 0 Å². The van der Waals surface area contributed by atoms with Crippen molar-refractivity contribution in [2.45, 2.75) is 6.18 Å². The SMILES string of the molecule is O=[C]c1ccc(C(F)(F)F)nc1. The Hall–Kier alpha value is -1.39. The van der Waals surface area contributed by atoms with Crippen molar-refractivity contribution in [3.05, 3.63) is 29.6 Å². The molecule has 0 bridgehead atoms. The van der Waals surface area contributed by atoms with Crippen LogP contribution in [0, 0.1) is 0 Å². The van der Waals surface area contributed by atoms with E-state index in [1.54, 1.807) is 0 Å². The summed E-state index contributed by atoms with van der Waals surface area (Å²) >= 11 is 0. The molecular formula is C7H3F3NO. The van der Waals surface area contributed by atoms with Gasteiger partial charge >= 0.3 is 6.18 Å². The van der Waals surface area contributed by atoms with Gasteiger partial charge in [-0.05, 0) is 12.1 Å². The summed E-state index contributed by atoms with van der Waals surface area (Å²) in [5, 5.41) is 0. The number of hydrogen-bond acceptors (Lipinski definition) is 2. The number of carbonyl (C=O) groups excluding carboxylic acids is 1. The molecule has 0 saturated carbocycles. The number of hydrogen-bond donors (Lipinski definition) is 0. The van der Waals surface area contributed by atoms with Crippen LogP contribution in [0.4, 0.5) is 13.2 Å². The van der Waals surface area contributed by atoms with Crippen molar-refractivity contribution in [1.82, 2.24) is 4.98 Å². The molecule has 0 aliphatic heterocycles. The molecule has 0 N–H and O–H groups in total. The molecule has 1 heterocycles. The van der Waals surface area contributed by atoms with Crippen molar-refractivity contribution < 1.29 is 18.0 Å². The van der Waals surface area contributed by atoms with Gasteiger partial charge in [-0.1, -0.05) is 0 Å². The van der Waals surface area contributed by atoms with Gasteiger partial charge in [-0.2, -0.15) is 13.2 Å². The van der Waals surface area contributed by atoms with Crippen LogP contribution in [0.1, 0.15) is 11.3 Å². The lowest BCUT2D eigenvalue weighted by Crippen LogP contribution is -2.07. The molecule has 0 aliphatic rings. The minimum absolute atomic E-state index is 0.00278. The maximum absolute atomic E-state index is 11.9. The maximum atomic E-state index is 11.9. The molecule has 12 heavy (non-hydrogen) atoms. The molecule has 0 spiro atoms. The summed E-state index contributed by atoms with van der Waals surface area (Å²) in [5.74, 6) is 0. The molecule has 1 aromatic rings. The van der Waals surface area contributed by atoms with Crippen LogP contribution >= 0.6 is 0 Å². The molecule has 0 aliphatic carbocycles. The van der Waals surface area contributed by atoms with Crippen LogP contribution in [0.15, 0.2) is 18.3 Å². The standard InChI is InChI=1S/C7H3F3NO/c8-7(9,10)6-2-1-5(4-12)3-11-6/h1-3H. The van der Waals surface area contributed by atoms with Gasteiger partial charge < -0.3 is 0 Å². The number of rotatable bonds is 1. The summed E-state index contributed by atoms with van der Waals surface area (Å²) in [5.41, 5.74) is -1.01. The van der Waals surface area contributed by atoms with E-state index < -0.39 is 11.9 Å². The lowest BCUT2D eigenvalue weighted by Gasteiger charge is -2.03. The van der Waals surface area contributed by atoms with Crippen molar-refractivity contribution >= 4 is 6.29 Å². The fourth-order valence-electron chi connectivity index (χ4n) is 0.622. The van der Waals surface area contributed by atoms with Gasteiger partial charge in [0.1, 0.15) is 5.69 Å². The Morgan fingerprint density at radius 1 is 1.33 bits per heavy atom. The zero-order chi connectivity index (χ0) is 9.19. The van der Waals surface area contributed by atoms with E-state index in [2.05, 4.69) is 4.98 Å². The Bertz CT molecular complexity index is 278. The van der Waals surface area contributed by atoms with Crippen molar-refractivity contribution in [2.24, 2.45) is 0 Å². The van der Waals surface area contributed by atoms with E-state index >= 15 is 0 Å². The minimum Gasteiger partial charge on any atom is -0.285 e. The molecule has 5 heteroatoms. The van der Waals surface area contributed by atoms with Crippen LogP contribution in [0.2, 0.25) is 0 Å². The third-order valence-electron chi connectivity index (χ3n) is 1.17. The van der Waals surface area contributed by atoms with E-state index in [1.165, 1.54) is 6.29 Å². The fraction of sp³-hybridized carbons (Fsp3) is 0.143. The number of halogens is 3. The number of alkyl halides is 3. The molecule has 1 rings (SSSR count). The molecule has 1 aromatic heterocycles. The van der Waals surface area contributed by atoms with Gasteiger partial charge in [0.25, 0.3) is 0 Å². The Balaban J connectivity index is 3.00. The van der Waals surface area contributed by atoms with Gasteiger partial charge in [-0.15, -0.1) is 0 Å². The molecule has 0 atom stereocenters. The van der Waals surface area contributed by atoms with E-state index in [9.17, 15) is 18.0 Å². The summed E-state index contributed by atoms with van der Waals surface area (Å²) in [4.78, 5) is 13.0. The Morgan fingerprint density at radius 3 is 2.33 bits per heavy atom. The molecule has 0 aromatic carbocycles. The van der Waals surface area contributed by atoms with E-state index in [4.69, 9.17) is 0 Å². The second kappa shape index (κ2) is 2.92. The normalized spacial score (nSPS) is 11.2. The largest absolute Gasteiger partial charge is 0.433 e. The fourth-order valence-corrected chi connectivity index (χ4v) is 0.622. The average Bonchev–Trinajstić information content (AvgIpc) is 2.03. The smallest absolute Gasteiger partial charge is 0.285 e. The summed E-state index contributed by atoms with van der Waals surface area (Å²) < 4.78 is 35.6. The van der Waals surface area contributed by atoms with Crippen molar-refractivity contribution in [2.75, 3.05) is 0 Å². The van der Waals surface area contributed by atoms with Gasteiger partial charge in [0.15, 0.2) is 0 Å². The quantitative estimate of drug-likeness (QED) is 0.646. The molecule has 0 saturated heterocycles. The monoisotopic (exact) mass is 174 g/mol. The first-order valence-corrected chi connectivity index (χ1v) is 2.95. The van der Waals surface area contributed by atoms with Gasteiger partial charge in [0.2, 0.25) is 6.29 Å². The van der Waals surface area contributed by atoms with Gasteiger partial charge in [-0.25, -0.2) is 0 Å². The summed E-state index contributed by atoms with van der Waals surface area (Å²) in [7, 11) is 0. The lowest BCUT2D eigenvalue weighted by molar-refractivity contribution is -0.141. The van der Waals surface area contributed by atoms with Crippen LogP contribution in [0.25, 0.3) is 0 Å². The molecule has 0 unspecified atom stereocenters. The zero-order valence-corrected chi connectivity index (χ0v) is 5.72. The molecule has 1 radical (unpaired) electrons. The molecule has 0 fully saturated rings. The first kappa shape index (κ1) is 8.70. The molecular weight excluding hydrogens is 171 g/mol. The first-order valence-electron chi connectivity index (χ1n) is 2.95. The van der Waals surface area contributed by atoms with Crippen LogP contribution in [-0.4, -0.2) is 11.3 Å². The summed E-state index contributed by atoms with van der Waals surface area (Å²) in [6, 6.07) is 1.75. The van der Waals surface area contributed by atoms with Gasteiger partial charge in [0, 0.05) is 11.8 Å². The maximum Gasteiger partial charge on any atom is 0.433 e. The van der Waals surface area contributed by atoms with Crippen LogP contribution in [-0.2, 0) is 11.0 Å². The third kappa shape index (κ3) is 1.81. The predicted molar refractivity (Wildman–Crippen MR) is 34.0 cm³/mol. The molecule has 63 valence electrons. The highest BCUT2D eigenvalue weighted by molar-refractivity contribution is 5.74. The molecule has 2 nitrogen and oxygen atoms in total. The third-order valence-corrected chi connectivity index (χ3v) is 1.17. The average molecular weight is 174 g/mol. The first-order chi connectivity index (χ1) is 5.54. The topological polar surface area (TPSA) is 30.0 Å². The summed E-state index contributed by atoms with van der Waals surface area (Å²) in [6.45, 7) is 0. The number of nitrogens with zero attached hydrogens (tertiary/aromatic N) is 1. The van der Waals surface area contributed by atoms with Gasteiger partial charge in [-0.3, -0.25) is 9.78 Å². The van der Waals surface area contributed by atoms with Crippen LogP contribution in [0.3, 0.4) is 0 Å². The predicted octanol–water partition coefficient (Wildman–Crippen LogP) is 1.56. The zero-order valence-electron chi connectivity index (χ0n) is 5.72. The van der Waals surface area contributed by atoms with Crippen molar-refractivity contribution in [3.63, 3.8) is 0 Å². The van der Waals surface area contributed by atoms with E-state index in [0.29, 0.717) is 0 Å². The molecule has 0 amide bonds. The Morgan fingerprint density at radius 2 is 2.00 bits per heavy atom. The highest BCUT2D eigenvalue weighted by Gasteiger charge is 2.31. The lowest BCUT2D eigenvalue weighted by atomic mass is 10.3. The van der Waals surface area contributed by atoms with Crippen LogP contribution in [0.5, 0.6) is 0 Å². The van der Waals surface area contributed by atoms with Crippen molar-refractivity contribution in [1.29, 1.82) is 0 Å². The van der Waals surface area contributed by atoms with E-state index in [-0.39, 0.29) is 5.56 Å². The summed E-state index contributed by atoms with van der Waals surface area (Å²) in [6.07, 6.45) is -2.20. The van der Waals surface area contributed by atoms with Gasteiger partial charge in [0.05, 0.1) is 0 Å². The Kier molecular flexibility index (Phi) is 2.12. The van der Waals surface area contributed by atoms with E-state index in [0.717, 1.165) is 18.3 Å². The van der Waals surface area contributed by atoms with Crippen molar-refractivity contribution in [3.8, 4) is 0 Å². The second-order valence-electron chi connectivity index (χ2n) is 2.03. The number of pyridine rings is 1. The highest BCUT2D eigenvalue weighted by Crippen LogP contribution is 2.26. The second-order valence-corrected chi connectivity index (χ2v) is 2.03. The minimum atomic E-state index is -4.46. The number of aromatic nitrogens is 1. The highest BCUT2D eigenvalue weighted by atomic mass is 19.4.